The average molecular weight is 452 g/mol. The van der Waals surface area contributed by atoms with Crippen molar-refractivity contribution in [1.29, 1.82) is 0 Å². The fourth-order valence-electron chi connectivity index (χ4n) is 3.87. The van der Waals surface area contributed by atoms with E-state index in [-0.39, 0.29) is 34.7 Å². The van der Waals surface area contributed by atoms with Crippen LogP contribution < -0.4 is 15.4 Å². The Labute approximate surface area is 184 Å². The van der Waals surface area contributed by atoms with Crippen molar-refractivity contribution in [3.05, 3.63) is 17.7 Å². The highest BCUT2D eigenvalue weighted by molar-refractivity contribution is 7.89. The van der Waals surface area contributed by atoms with Gasteiger partial charge in [0.1, 0.15) is 5.75 Å². The number of fused-ring (bicyclic) bond motifs is 1. The molecule has 0 aliphatic carbocycles. The molecule has 0 unspecified atom stereocenters. The third kappa shape index (κ3) is 4.87. The number of nitrogens with zero attached hydrogens (tertiary/aromatic N) is 1. The van der Waals surface area contributed by atoms with Crippen molar-refractivity contribution in [2.75, 3.05) is 18.4 Å². The van der Waals surface area contributed by atoms with Gasteiger partial charge in [-0.15, -0.1) is 0 Å². The topological polar surface area (TPSA) is 105 Å². The number of ether oxygens (including phenoxy) is 1. The zero-order valence-corrected chi connectivity index (χ0v) is 19.8. The summed E-state index contributed by atoms with van der Waals surface area (Å²) < 4.78 is 34.1. The zero-order chi connectivity index (χ0) is 23.0. The molecule has 0 bridgehead atoms. The van der Waals surface area contributed by atoms with E-state index in [9.17, 15) is 18.0 Å². The largest absolute Gasteiger partial charge is 0.478 e. The van der Waals surface area contributed by atoms with E-state index in [4.69, 9.17) is 4.74 Å². The summed E-state index contributed by atoms with van der Waals surface area (Å²) in [5, 5.41) is 5.82. The minimum Gasteiger partial charge on any atom is -0.478 e. The highest BCUT2D eigenvalue weighted by Crippen LogP contribution is 2.36. The summed E-state index contributed by atoms with van der Waals surface area (Å²) in [4.78, 5) is 24.9. The first-order chi connectivity index (χ1) is 14.5. The monoisotopic (exact) mass is 451 g/mol. The lowest BCUT2D eigenvalue weighted by molar-refractivity contribution is -0.127. The third-order valence-corrected chi connectivity index (χ3v) is 8.19. The summed E-state index contributed by atoms with van der Waals surface area (Å²) in [6, 6.07) is 3.12. The summed E-state index contributed by atoms with van der Waals surface area (Å²) in [5.41, 5.74) is 0.672. The Kier molecular flexibility index (Phi) is 6.67. The molecule has 2 aliphatic rings. The first kappa shape index (κ1) is 23.5. The fraction of sp³-hybridized carbons (Fsp3) is 0.636. The second-order valence-electron chi connectivity index (χ2n) is 9.05. The molecule has 2 heterocycles. The van der Waals surface area contributed by atoms with Crippen molar-refractivity contribution in [3.8, 4) is 5.75 Å². The van der Waals surface area contributed by atoms with E-state index >= 15 is 0 Å². The van der Waals surface area contributed by atoms with Crippen LogP contribution in [0.1, 0.15) is 58.9 Å². The Morgan fingerprint density at radius 1 is 1.32 bits per heavy atom. The Bertz CT molecular complexity index is 974. The van der Waals surface area contributed by atoms with Crippen LogP contribution in [0.3, 0.4) is 0 Å². The van der Waals surface area contributed by atoms with Crippen LogP contribution in [0.5, 0.6) is 5.75 Å². The van der Waals surface area contributed by atoms with Gasteiger partial charge in [0.25, 0.3) is 5.91 Å². The molecular weight excluding hydrogens is 418 g/mol. The minimum absolute atomic E-state index is 0.106. The molecule has 2 aliphatic heterocycles. The highest BCUT2D eigenvalue weighted by atomic mass is 32.2. The van der Waals surface area contributed by atoms with Crippen molar-refractivity contribution in [2.24, 2.45) is 5.92 Å². The molecule has 1 aromatic carbocycles. The Hall–Kier alpha value is -2.13. The summed E-state index contributed by atoms with van der Waals surface area (Å²) in [6.07, 6.45) is 1.91. The molecule has 0 radical (unpaired) electrons. The standard InChI is InChI=1S/C22H33N3O5S/c1-6-17-21(27)23-16-11-14(3)19(12-18(16)30-17)31(28,29)25-10-8-9-15(13-25)20(26)24-22(4,5)7-2/h11-12,15,17H,6-10,13H2,1-5H3,(H,23,27)(H,24,26)/t15-,17+/m1/s1. The maximum Gasteiger partial charge on any atom is 0.265 e. The Morgan fingerprint density at radius 2 is 2.03 bits per heavy atom. The van der Waals surface area contributed by atoms with Crippen LogP contribution in [-0.4, -0.2) is 49.3 Å². The molecule has 2 amide bonds. The van der Waals surface area contributed by atoms with E-state index < -0.39 is 16.1 Å². The van der Waals surface area contributed by atoms with Gasteiger partial charge >= 0.3 is 0 Å². The number of aryl methyl sites for hydroxylation is 1. The van der Waals surface area contributed by atoms with Gasteiger partial charge < -0.3 is 15.4 Å². The first-order valence-corrected chi connectivity index (χ1v) is 12.4. The van der Waals surface area contributed by atoms with Gasteiger partial charge in [-0.1, -0.05) is 13.8 Å². The number of piperidine rings is 1. The molecular formula is C22H33N3O5S. The lowest BCUT2D eigenvalue weighted by atomic mass is 9.95. The number of anilines is 1. The van der Waals surface area contributed by atoms with Gasteiger partial charge in [0, 0.05) is 24.7 Å². The van der Waals surface area contributed by atoms with Gasteiger partial charge in [0.15, 0.2) is 6.10 Å². The van der Waals surface area contributed by atoms with Crippen LogP contribution in [-0.2, 0) is 19.6 Å². The summed E-state index contributed by atoms with van der Waals surface area (Å²) >= 11 is 0. The number of hydrogen-bond donors (Lipinski definition) is 2. The Balaban J connectivity index is 1.84. The predicted octanol–water partition coefficient (Wildman–Crippen LogP) is 2.81. The van der Waals surface area contributed by atoms with Gasteiger partial charge in [-0.2, -0.15) is 4.31 Å². The number of benzene rings is 1. The number of carbonyl (C=O) groups excluding carboxylic acids is 2. The molecule has 1 aromatic rings. The van der Waals surface area contributed by atoms with Gasteiger partial charge in [-0.05, 0) is 58.1 Å². The van der Waals surface area contributed by atoms with Crippen molar-refractivity contribution in [1.82, 2.24) is 9.62 Å². The second-order valence-corrected chi connectivity index (χ2v) is 11.0. The lowest BCUT2D eigenvalue weighted by Gasteiger charge is -2.34. The van der Waals surface area contributed by atoms with E-state index in [1.807, 2.05) is 27.7 Å². The smallest absolute Gasteiger partial charge is 0.265 e. The molecule has 31 heavy (non-hydrogen) atoms. The summed E-state index contributed by atoms with van der Waals surface area (Å²) in [6.45, 7) is 9.98. The normalized spacial score (nSPS) is 22.3. The molecule has 3 rings (SSSR count). The number of carbonyl (C=O) groups is 2. The van der Waals surface area contributed by atoms with Crippen molar-refractivity contribution in [3.63, 3.8) is 0 Å². The van der Waals surface area contributed by atoms with Gasteiger partial charge in [0.2, 0.25) is 15.9 Å². The molecule has 2 atom stereocenters. The molecule has 0 spiro atoms. The summed E-state index contributed by atoms with van der Waals surface area (Å²) in [7, 11) is -3.82. The maximum absolute atomic E-state index is 13.5. The quantitative estimate of drug-likeness (QED) is 0.692. The number of nitrogens with one attached hydrogen (secondary N) is 2. The van der Waals surface area contributed by atoms with Crippen LogP contribution in [0.4, 0.5) is 5.69 Å². The molecule has 0 aromatic heterocycles. The van der Waals surface area contributed by atoms with Crippen molar-refractivity contribution in [2.45, 2.75) is 76.8 Å². The van der Waals surface area contributed by atoms with Crippen LogP contribution in [0.2, 0.25) is 0 Å². The first-order valence-electron chi connectivity index (χ1n) is 10.9. The van der Waals surface area contributed by atoms with E-state index in [1.165, 1.54) is 10.4 Å². The van der Waals surface area contributed by atoms with Crippen LogP contribution in [0.15, 0.2) is 17.0 Å². The van der Waals surface area contributed by atoms with Crippen molar-refractivity contribution < 1.29 is 22.7 Å². The fourth-order valence-corrected chi connectivity index (χ4v) is 5.61. The third-order valence-electron chi connectivity index (χ3n) is 6.19. The zero-order valence-electron chi connectivity index (χ0n) is 18.9. The summed E-state index contributed by atoms with van der Waals surface area (Å²) in [5.74, 6) is -0.366. The van der Waals surface area contributed by atoms with Gasteiger partial charge in [0.05, 0.1) is 16.5 Å². The Morgan fingerprint density at radius 3 is 2.68 bits per heavy atom. The SMILES string of the molecule is CC[C@@H]1Oc2cc(S(=O)(=O)N3CCC[C@@H](C(=O)NC(C)(C)CC)C3)c(C)cc2NC1=O. The van der Waals surface area contributed by atoms with Crippen molar-refractivity contribution >= 4 is 27.5 Å². The molecule has 172 valence electrons. The molecule has 9 heteroatoms. The van der Waals surface area contributed by atoms with Gasteiger partial charge in [-0.25, -0.2) is 8.42 Å². The number of hydrogen-bond acceptors (Lipinski definition) is 5. The molecule has 2 N–H and O–H groups in total. The van der Waals surface area contributed by atoms with E-state index in [2.05, 4.69) is 10.6 Å². The lowest BCUT2D eigenvalue weighted by Crippen LogP contribution is -2.50. The molecule has 8 nitrogen and oxygen atoms in total. The van der Waals surface area contributed by atoms with E-state index in [1.54, 1.807) is 13.0 Å². The minimum atomic E-state index is -3.82. The number of amides is 2. The highest BCUT2D eigenvalue weighted by Gasteiger charge is 2.36. The van der Waals surface area contributed by atoms with Crippen LogP contribution in [0.25, 0.3) is 0 Å². The van der Waals surface area contributed by atoms with E-state index in [0.717, 1.165) is 6.42 Å². The predicted molar refractivity (Wildman–Crippen MR) is 119 cm³/mol. The average Bonchev–Trinajstić information content (AvgIpc) is 2.72. The van der Waals surface area contributed by atoms with Crippen LogP contribution >= 0.6 is 0 Å². The van der Waals surface area contributed by atoms with Crippen LogP contribution in [0, 0.1) is 12.8 Å². The van der Waals surface area contributed by atoms with E-state index in [0.29, 0.717) is 42.8 Å². The second kappa shape index (κ2) is 8.78. The molecule has 1 fully saturated rings. The van der Waals surface area contributed by atoms with Gasteiger partial charge in [-0.3, -0.25) is 9.59 Å². The number of rotatable bonds is 6. The molecule has 1 saturated heterocycles. The number of sulfonamides is 1. The maximum atomic E-state index is 13.5. The molecule has 0 saturated carbocycles.